The van der Waals surface area contributed by atoms with E-state index in [0.29, 0.717) is 18.7 Å². The smallest absolute Gasteiger partial charge is 0.265 e. The Labute approximate surface area is 264 Å². The Hall–Kier alpha value is -3.96. The van der Waals surface area contributed by atoms with Gasteiger partial charge in [0.1, 0.15) is 18.3 Å². The van der Waals surface area contributed by atoms with E-state index < -0.39 is 28.5 Å². The molecule has 0 saturated heterocycles. The quantitative estimate of drug-likeness (QED) is 0.243. The molecule has 10 nitrogen and oxygen atoms in total. The van der Waals surface area contributed by atoms with E-state index in [4.69, 9.17) is 25.8 Å². The number of nitrogens with one attached hydrogen (secondary N) is 1. The first kappa shape index (κ1) is 34.5. The molecule has 1 atom stereocenters. The lowest BCUT2D eigenvalue weighted by atomic mass is 10.1. The Morgan fingerprint density at radius 3 is 2.11 bits per heavy atom. The average molecular weight is 646 g/mol. The van der Waals surface area contributed by atoms with Gasteiger partial charge in [-0.1, -0.05) is 62.7 Å². The zero-order valence-electron chi connectivity index (χ0n) is 25.9. The molecule has 0 aromatic heterocycles. The Bertz CT molecular complexity index is 1530. The lowest BCUT2D eigenvalue weighted by Crippen LogP contribution is -2.52. The van der Waals surface area contributed by atoms with Crippen molar-refractivity contribution in [3.63, 3.8) is 0 Å². The van der Waals surface area contributed by atoms with Gasteiger partial charge in [-0.2, -0.15) is 0 Å². The van der Waals surface area contributed by atoms with Crippen LogP contribution in [0.3, 0.4) is 0 Å². The monoisotopic (exact) mass is 645 g/mol. The van der Waals surface area contributed by atoms with Crippen LogP contribution in [-0.2, 0) is 26.2 Å². The van der Waals surface area contributed by atoms with Crippen molar-refractivity contribution in [3.05, 3.63) is 77.3 Å². The summed E-state index contributed by atoms with van der Waals surface area (Å²) in [6, 6.07) is 17.0. The molecule has 1 N–H and O–H groups in total. The molecule has 0 bridgehead atoms. The van der Waals surface area contributed by atoms with Gasteiger partial charge in [0, 0.05) is 24.2 Å². The number of benzene rings is 3. The third-order valence-electron chi connectivity index (χ3n) is 6.90. The van der Waals surface area contributed by atoms with Gasteiger partial charge < -0.3 is 24.4 Å². The Morgan fingerprint density at radius 1 is 0.886 bits per heavy atom. The first-order valence-corrected chi connectivity index (χ1v) is 16.0. The van der Waals surface area contributed by atoms with Crippen LogP contribution < -0.4 is 23.8 Å². The first-order valence-electron chi connectivity index (χ1n) is 14.2. The molecule has 0 aliphatic carbocycles. The fraction of sp³-hybridized carbons (Fsp3) is 0.375. The molecule has 238 valence electrons. The zero-order valence-corrected chi connectivity index (χ0v) is 27.4. The van der Waals surface area contributed by atoms with Gasteiger partial charge in [0.25, 0.3) is 10.0 Å². The van der Waals surface area contributed by atoms with Gasteiger partial charge in [-0.05, 0) is 48.2 Å². The van der Waals surface area contributed by atoms with Crippen molar-refractivity contribution in [3.8, 4) is 17.2 Å². The summed E-state index contributed by atoms with van der Waals surface area (Å²) in [4.78, 5) is 28.9. The summed E-state index contributed by atoms with van der Waals surface area (Å²) in [5, 5.41) is 3.15. The van der Waals surface area contributed by atoms with Crippen molar-refractivity contribution in [1.29, 1.82) is 0 Å². The maximum absolute atomic E-state index is 14.3. The molecule has 3 rings (SSSR count). The molecule has 0 heterocycles. The highest BCUT2D eigenvalue weighted by molar-refractivity contribution is 7.92. The van der Waals surface area contributed by atoms with Gasteiger partial charge in [-0.15, -0.1) is 0 Å². The maximum Gasteiger partial charge on any atom is 0.265 e. The van der Waals surface area contributed by atoms with Crippen LogP contribution in [0.5, 0.6) is 17.2 Å². The van der Waals surface area contributed by atoms with Gasteiger partial charge >= 0.3 is 0 Å². The largest absolute Gasteiger partial charge is 0.495 e. The normalized spacial score (nSPS) is 11.9. The number of carbonyl (C=O) groups excluding carboxylic acids is 2. The van der Waals surface area contributed by atoms with E-state index in [1.165, 1.54) is 56.6 Å². The number of ether oxygens (including phenoxy) is 3. The van der Waals surface area contributed by atoms with Crippen molar-refractivity contribution in [2.45, 2.75) is 44.7 Å². The summed E-state index contributed by atoms with van der Waals surface area (Å²) in [7, 11) is -0.197. The zero-order chi connectivity index (χ0) is 32.4. The molecule has 0 unspecified atom stereocenters. The molecule has 0 aliphatic rings. The second-order valence-corrected chi connectivity index (χ2v) is 12.7. The predicted octanol–water partition coefficient (Wildman–Crippen LogP) is 5.14. The summed E-state index contributed by atoms with van der Waals surface area (Å²) in [6.07, 6.45) is 0.311. The molecule has 44 heavy (non-hydrogen) atoms. The summed E-state index contributed by atoms with van der Waals surface area (Å²) in [5.74, 6) is -0.000506. The molecular weight excluding hydrogens is 606 g/mol. The lowest BCUT2D eigenvalue weighted by Gasteiger charge is -2.33. The number of rotatable bonds is 15. The number of methoxy groups -OCH3 is 3. The van der Waals surface area contributed by atoms with Gasteiger partial charge in [-0.25, -0.2) is 8.42 Å². The van der Waals surface area contributed by atoms with E-state index in [1.54, 1.807) is 6.07 Å². The van der Waals surface area contributed by atoms with Crippen molar-refractivity contribution < 1.29 is 32.2 Å². The Balaban J connectivity index is 2.15. The van der Waals surface area contributed by atoms with Crippen LogP contribution in [0.25, 0.3) is 0 Å². The third-order valence-corrected chi connectivity index (χ3v) is 8.89. The summed E-state index contributed by atoms with van der Waals surface area (Å²) < 4.78 is 45.7. The third kappa shape index (κ3) is 8.35. The number of anilines is 1. The SMILES string of the molecule is CC[C@H](C(=O)NCC(C)C)N(Cc1ccccc1)C(=O)CN(c1cc(Cl)ccc1OC)S(=O)(=O)c1ccc(OC)c(OC)c1. The standard InChI is InChI=1S/C32H40ClN3O7S/c1-7-26(32(38)34-19-22(2)3)35(20-23-11-9-8-10-12-23)31(37)21-36(27-17-24(33)13-15-28(27)41-4)44(39,40)25-14-16-29(42-5)30(18-25)43-6/h8-18,22,26H,7,19-21H2,1-6H3,(H,34,38)/t26-/m1/s1. The molecule has 3 aromatic carbocycles. The van der Waals surface area contributed by atoms with Crippen LogP contribution in [0.4, 0.5) is 5.69 Å². The van der Waals surface area contributed by atoms with E-state index in [2.05, 4.69) is 5.32 Å². The summed E-state index contributed by atoms with van der Waals surface area (Å²) >= 11 is 6.32. The maximum atomic E-state index is 14.3. The van der Waals surface area contributed by atoms with Crippen molar-refractivity contribution in [2.24, 2.45) is 5.92 Å². The van der Waals surface area contributed by atoms with Gasteiger partial charge in [0.15, 0.2) is 11.5 Å². The Morgan fingerprint density at radius 2 is 1.52 bits per heavy atom. The van der Waals surface area contributed by atoms with Gasteiger partial charge in [0.05, 0.1) is 31.9 Å². The number of amides is 2. The van der Waals surface area contributed by atoms with Crippen LogP contribution >= 0.6 is 11.6 Å². The van der Waals surface area contributed by atoms with Crippen molar-refractivity contribution >= 4 is 39.1 Å². The minimum atomic E-state index is -4.43. The molecule has 0 saturated carbocycles. The van der Waals surface area contributed by atoms with Gasteiger partial charge in [0.2, 0.25) is 11.8 Å². The number of halogens is 1. The molecule has 3 aromatic rings. The van der Waals surface area contributed by atoms with E-state index in [9.17, 15) is 18.0 Å². The number of nitrogens with zero attached hydrogens (tertiary/aromatic N) is 2. The van der Waals surface area contributed by atoms with E-state index in [0.717, 1.165) is 9.87 Å². The van der Waals surface area contributed by atoms with Crippen LogP contribution in [-0.4, -0.2) is 65.6 Å². The summed E-state index contributed by atoms with van der Waals surface area (Å²) in [5.41, 5.74) is 0.839. The fourth-order valence-corrected chi connectivity index (χ4v) is 6.20. The highest BCUT2D eigenvalue weighted by atomic mass is 35.5. The van der Waals surface area contributed by atoms with Crippen molar-refractivity contribution in [1.82, 2.24) is 10.2 Å². The predicted molar refractivity (Wildman–Crippen MR) is 171 cm³/mol. The first-order chi connectivity index (χ1) is 21.0. The second-order valence-electron chi connectivity index (χ2n) is 10.4. The minimum Gasteiger partial charge on any atom is -0.495 e. The van der Waals surface area contributed by atoms with E-state index >= 15 is 0 Å². The molecule has 0 radical (unpaired) electrons. The lowest BCUT2D eigenvalue weighted by molar-refractivity contribution is -0.140. The van der Waals surface area contributed by atoms with E-state index in [1.807, 2.05) is 51.1 Å². The van der Waals surface area contributed by atoms with Crippen LogP contribution in [0.15, 0.2) is 71.6 Å². The molecular formula is C32H40ClN3O7S. The van der Waals surface area contributed by atoms with Crippen LogP contribution in [0.1, 0.15) is 32.8 Å². The number of sulfonamides is 1. The molecule has 12 heteroatoms. The fourth-order valence-electron chi connectivity index (χ4n) is 4.60. The number of hydrogen-bond acceptors (Lipinski definition) is 7. The highest BCUT2D eigenvalue weighted by Gasteiger charge is 2.35. The highest BCUT2D eigenvalue weighted by Crippen LogP contribution is 2.37. The van der Waals surface area contributed by atoms with Crippen molar-refractivity contribution in [2.75, 3.05) is 38.7 Å². The Kier molecular flexibility index (Phi) is 12.3. The topological polar surface area (TPSA) is 114 Å². The number of hydrogen-bond donors (Lipinski definition) is 1. The molecule has 0 aliphatic heterocycles. The van der Waals surface area contributed by atoms with Crippen LogP contribution in [0.2, 0.25) is 5.02 Å². The van der Waals surface area contributed by atoms with Crippen LogP contribution in [0, 0.1) is 5.92 Å². The second kappa shape index (κ2) is 15.7. The molecule has 2 amide bonds. The van der Waals surface area contributed by atoms with Gasteiger partial charge in [-0.3, -0.25) is 13.9 Å². The van der Waals surface area contributed by atoms with E-state index in [-0.39, 0.29) is 45.5 Å². The molecule has 0 fully saturated rings. The number of carbonyl (C=O) groups is 2. The average Bonchev–Trinajstić information content (AvgIpc) is 3.02. The molecule has 0 spiro atoms. The summed E-state index contributed by atoms with van der Waals surface area (Å²) in [6.45, 7) is 5.64. The minimum absolute atomic E-state index is 0.0557.